The third kappa shape index (κ3) is 3.36. The molecule has 20 heavy (non-hydrogen) atoms. The van der Waals surface area contributed by atoms with Gasteiger partial charge < -0.3 is 15.0 Å². The molecule has 0 spiro atoms. The van der Waals surface area contributed by atoms with Gasteiger partial charge in [0.1, 0.15) is 5.75 Å². The first-order chi connectivity index (χ1) is 9.63. The molecule has 0 atom stereocenters. The van der Waals surface area contributed by atoms with Crippen molar-refractivity contribution in [2.24, 2.45) is 5.73 Å². The zero-order chi connectivity index (χ0) is 14.5. The summed E-state index contributed by atoms with van der Waals surface area (Å²) in [5.74, 6) is 2.10. The monoisotopic (exact) mass is 275 g/mol. The molecule has 1 heterocycles. The second kappa shape index (κ2) is 6.52. The van der Waals surface area contributed by atoms with Crippen LogP contribution in [-0.4, -0.2) is 10.1 Å². The number of ether oxygens (including phenoxy) is 1. The van der Waals surface area contributed by atoms with Crippen LogP contribution in [0.25, 0.3) is 0 Å². The standard InChI is InChI=1S/C15H21N3O2/c1-4-5-13-17-14(20-18-13)9-19-15-10(2)6-12(8-16)7-11(15)3/h6-7H,4-5,8-9,16H2,1-3H3. The molecule has 0 unspecified atom stereocenters. The lowest BCUT2D eigenvalue weighted by Crippen LogP contribution is -2.02. The molecule has 1 aromatic heterocycles. The summed E-state index contributed by atoms with van der Waals surface area (Å²) in [6.07, 6.45) is 1.82. The highest BCUT2D eigenvalue weighted by molar-refractivity contribution is 5.43. The van der Waals surface area contributed by atoms with Gasteiger partial charge in [-0.2, -0.15) is 4.98 Å². The predicted molar refractivity (Wildman–Crippen MR) is 76.4 cm³/mol. The Labute approximate surface area is 119 Å². The van der Waals surface area contributed by atoms with Crippen molar-refractivity contribution in [2.75, 3.05) is 0 Å². The Morgan fingerprint density at radius 1 is 1.25 bits per heavy atom. The number of rotatable bonds is 6. The smallest absolute Gasteiger partial charge is 0.264 e. The molecule has 0 saturated carbocycles. The first-order valence-corrected chi connectivity index (χ1v) is 6.88. The van der Waals surface area contributed by atoms with Crippen molar-refractivity contribution in [2.45, 2.75) is 46.8 Å². The minimum Gasteiger partial charge on any atom is -0.483 e. The first-order valence-electron chi connectivity index (χ1n) is 6.88. The van der Waals surface area contributed by atoms with Gasteiger partial charge in [-0.25, -0.2) is 0 Å². The maximum Gasteiger partial charge on any atom is 0.264 e. The molecule has 0 amide bonds. The second-order valence-electron chi connectivity index (χ2n) is 4.91. The highest BCUT2D eigenvalue weighted by Gasteiger charge is 2.10. The molecular weight excluding hydrogens is 254 g/mol. The van der Waals surface area contributed by atoms with Crippen LogP contribution in [0.1, 0.15) is 41.8 Å². The molecule has 0 bridgehead atoms. The first kappa shape index (κ1) is 14.5. The Bertz CT molecular complexity index is 555. The van der Waals surface area contributed by atoms with Gasteiger partial charge in [-0.05, 0) is 37.0 Å². The molecule has 0 saturated heterocycles. The molecule has 5 heteroatoms. The van der Waals surface area contributed by atoms with Crippen molar-refractivity contribution in [1.29, 1.82) is 0 Å². The minimum atomic E-state index is 0.292. The lowest BCUT2D eigenvalue weighted by Gasteiger charge is -2.12. The highest BCUT2D eigenvalue weighted by atomic mass is 16.5. The maximum atomic E-state index is 5.81. The number of hydrogen-bond acceptors (Lipinski definition) is 5. The van der Waals surface area contributed by atoms with Gasteiger partial charge in [0.2, 0.25) is 0 Å². The molecule has 0 aliphatic carbocycles. The summed E-state index contributed by atoms with van der Waals surface area (Å²) in [6.45, 7) is 6.93. The topological polar surface area (TPSA) is 74.2 Å². The van der Waals surface area contributed by atoms with Crippen molar-refractivity contribution >= 4 is 0 Å². The van der Waals surface area contributed by atoms with Crippen molar-refractivity contribution in [3.05, 3.63) is 40.5 Å². The van der Waals surface area contributed by atoms with Gasteiger partial charge >= 0.3 is 0 Å². The van der Waals surface area contributed by atoms with Crippen LogP contribution in [-0.2, 0) is 19.6 Å². The van der Waals surface area contributed by atoms with E-state index in [1.54, 1.807) is 0 Å². The van der Waals surface area contributed by atoms with E-state index in [1.807, 2.05) is 26.0 Å². The van der Waals surface area contributed by atoms with E-state index >= 15 is 0 Å². The fourth-order valence-corrected chi connectivity index (χ4v) is 2.19. The molecule has 0 fully saturated rings. The lowest BCUT2D eigenvalue weighted by molar-refractivity contribution is 0.240. The van der Waals surface area contributed by atoms with Gasteiger partial charge in [0, 0.05) is 13.0 Å². The third-order valence-electron chi connectivity index (χ3n) is 3.08. The number of nitrogens with two attached hydrogens (primary N) is 1. The normalized spacial score (nSPS) is 10.8. The summed E-state index contributed by atoms with van der Waals surface area (Å²) in [5.41, 5.74) is 8.90. The van der Waals surface area contributed by atoms with Crippen molar-refractivity contribution < 1.29 is 9.26 Å². The number of aromatic nitrogens is 2. The number of benzene rings is 1. The SMILES string of the molecule is CCCc1noc(COc2c(C)cc(CN)cc2C)n1. The number of hydrogen-bond donors (Lipinski definition) is 1. The van der Waals surface area contributed by atoms with Crippen LogP contribution in [0.4, 0.5) is 0 Å². The van der Waals surface area contributed by atoms with E-state index in [9.17, 15) is 0 Å². The molecule has 2 aromatic rings. The molecule has 0 radical (unpaired) electrons. The van der Waals surface area contributed by atoms with E-state index in [0.29, 0.717) is 19.0 Å². The van der Waals surface area contributed by atoms with Crippen LogP contribution < -0.4 is 10.5 Å². The van der Waals surface area contributed by atoms with Crippen molar-refractivity contribution in [3.8, 4) is 5.75 Å². The average Bonchev–Trinajstić information content (AvgIpc) is 2.85. The van der Waals surface area contributed by atoms with Crippen LogP contribution in [0.3, 0.4) is 0 Å². The van der Waals surface area contributed by atoms with E-state index in [4.69, 9.17) is 15.0 Å². The molecule has 5 nitrogen and oxygen atoms in total. The fraction of sp³-hybridized carbons (Fsp3) is 0.467. The Morgan fingerprint density at radius 3 is 2.55 bits per heavy atom. The van der Waals surface area contributed by atoms with Gasteiger partial charge in [0.25, 0.3) is 5.89 Å². The number of nitrogens with zero attached hydrogens (tertiary/aromatic N) is 2. The quantitative estimate of drug-likeness (QED) is 0.877. The van der Waals surface area contributed by atoms with E-state index in [0.717, 1.165) is 41.1 Å². The zero-order valence-electron chi connectivity index (χ0n) is 12.3. The average molecular weight is 275 g/mol. The van der Waals surface area contributed by atoms with Crippen LogP contribution in [0.5, 0.6) is 5.75 Å². The van der Waals surface area contributed by atoms with Crippen LogP contribution >= 0.6 is 0 Å². The minimum absolute atomic E-state index is 0.292. The molecule has 0 aliphatic rings. The molecular formula is C15H21N3O2. The summed E-state index contributed by atoms with van der Waals surface area (Å²) >= 11 is 0. The van der Waals surface area contributed by atoms with E-state index in [1.165, 1.54) is 0 Å². The summed E-state index contributed by atoms with van der Waals surface area (Å²) in [7, 11) is 0. The lowest BCUT2D eigenvalue weighted by atomic mass is 10.1. The molecule has 1 aromatic carbocycles. The Kier molecular flexibility index (Phi) is 4.74. The molecule has 2 N–H and O–H groups in total. The third-order valence-corrected chi connectivity index (χ3v) is 3.08. The number of aryl methyl sites for hydroxylation is 3. The second-order valence-corrected chi connectivity index (χ2v) is 4.91. The Morgan fingerprint density at radius 2 is 1.95 bits per heavy atom. The van der Waals surface area contributed by atoms with Gasteiger partial charge in [0.15, 0.2) is 12.4 Å². The maximum absolute atomic E-state index is 5.81. The van der Waals surface area contributed by atoms with Crippen LogP contribution in [0.15, 0.2) is 16.7 Å². The summed E-state index contributed by atoms with van der Waals surface area (Å²) in [4.78, 5) is 4.29. The fourth-order valence-electron chi connectivity index (χ4n) is 2.19. The van der Waals surface area contributed by atoms with Gasteiger partial charge in [0.05, 0.1) is 0 Å². The van der Waals surface area contributed by atoms with Crippen LogP contribution in [0.2, 0.25) is 0 Å². The summed E-state index contributed by atoms with van der Waals surface area (Å²) < 4.78 is 11.0. The van der Waals surface area contributed by atoms with E-state index in [2.05, 4.69) is 17.1 Å². The van der Waals surface area contributed by atoms with Crippen LogP contribution in [0, 0.1) is 13.8 Å². The van der Waals surface area contributed by atoms with Gasteiger partial charge in [-0.15, -0.1) is 0 Å². The van der Waals surface area contributed by atoms with Crippen molar-refractivity contribution in [3.63, 3.8) is 0 Å². The highest BCUT2D eigenvalue weighted by Crippen LogP contribution is 2.25. The summed E-state index contributed by atoms with van der Waals surface area (Å²) in [5, 5.41) is 3.91. The molecule has 2 rings (SSSR count). The van der Waals surface area contributed by atoms with E-state index in [-0.39, 0.29) is 0 Å². The predicted octanol–water partition coefficient (Wildman–Crippen LogP) is 2.68. The van der Waals surface area contributed by atoms with Crippen molar-refractivity contribution in [1.82, 2.24) is 10.1 Å². The summed E-state index contributed by atoms with van der Waals surface area (Å²) in [6, 6.07) is 4.08. The molecule has 0 aliphatic heterocycles. The van der Waals surface area contributed by atoms with E-state index < -0.39 is 0 Å². The van der Waals surface area contributed by atoms with Gasteiger partial charge in [-0.3, -0.25) is 0 Å². The molecule has 108 valence electrons. The Balaban J connectivity index is 2.06. The zero-order valence-corrected chi connectivity index (χ0v) is 12.3. The van der Waals surface area contributed by atoms with Gasteiger partial charge in [-0.1, -0.05) is 24.2 Å². The largest absolute Gasteiger partial charge is 0.483 e. The Hall–Kier alpha value is -1.88.